The minimum atomic E-state index is 0.327. The van der Waals surface area contributed by atoms with Gasteiger partial charge in [-0.3, -0.25) is 0 Å². The topological polar surface area (TPSA) is 21.3 Å². The summed E-state index contributed by atoms with van der Waals surface area (Å²) >= 11 is 7.96. The highest BCUT2D eigenvalue weighted by atomic mass is 35.5. The summed E-state index contributed by atoms with van der Waals surface area (Å²) in [7, 11) is 3.62. The summed E-state index contributed by atoms with van der Waals surface area (Å²) < 4.78 is 5.24. The smallest absolute Gasteiger partial charge is 0.137 e. The van der Waals surface area contributed by atoms with Crippen LogP contribution in [0.5, 0.6) is 5.75 Å². The van der Waals surface area contributed by atoms with E-state index in [9.17, 15) is 0 Å². The predicted molar refractivity (Wildman–Crippen MR) is 77.4 cm³/mol. The first-order chi connectivity index (χ1) is 8.08. The summed E-state index contributed by atoms with van der Waals surface area (Å²) in [6.45, 7) is 4.42. The molecule has 1 rings (SSSR count). The van der Waals surface area contributed by atoms with Gasteiger partial charge in [0.25, 0.3) is 0 Å². The molecule has 0 bridgehead atoms. The molecule has 0 aromatic heterocycles. The number of methoxy groups -OCH3 is 1. The molecular weight excluding hydrogens is 254 g/mol. The molecule has 0 aliphatic heterocycles. The predicted octanol–water partition coefficient (Wildman–Crippen LogP) is 3.75. The molecule has 17 heavy (non-hydrogen) atoms. The van der Waals surface area contributed by atoms with Crippen LogP contribution in [-0.2, 0) is 0 Å². The summed E-state index contributed by atoms with van der Waals surface area (Å²) in [6, 6.07) is 6.27. The number of ether oxygens (including phenoxy) is 1. The number of hydrogen-bond acceptors (Lipinski definition) is 3. The zero-order valence-electron chi connectivity index (χ0n) is 10.8. The number of nitrogens with one attached hydrogen (secondary N) is 1. The highest BCUT2D eigenvalue weighted by Gasteiger charge is 2.12. The van der Waals surface area contributed by atoms with Crippen LogP contribution in [0.4, 0.5) is 0 Å². The van der Waals surface area contributed by atoms with Crippen LogP contribution in [-0.4, -0.2) is 25.2 Å². The van der Waals surface area contributed by atoms with Crippen LogP contribution in [0.2, 0.25) is 5.02 Å². The molecule has 0 heterocycles. The average molecular weight is 274 g/mol. The first kappa shape index (κ1) is 14.7. The van der Waals surface area contributed by atoms with E-state index in [0.717, 1.165) is 11.5 Å². The van der Waals surface area contributed by atoms with Gasteiger partial charge in [0.15, 0.2) is 0 Å². The Morgan fingerprint density at radius 3 is 2.65 bits per heavy atom. The van der Waals surface area contributed by atoms with E-state index in [-0.39, 0.29) is 0 Å². The van der Waals surface area contributed by atoms with E-state index in [4.69, 9.17) is 16.3 Å². The quantitative estimate of drug-likeness (QED) is 0.853. The molecule has 1 aromatic carbocycles. The van der Waals surface area contributed by atoms with Crippen molar-refractivity contribution in [1.82, 2.24) is 5.32 Å². The lowest BCUT2D eigenvalue weighted by Gasteiger charge is -2.18. The molecule has 0 aliphatic rings. The van der Waals surface area contributed by atoms with Gasteiger partial charge >= 0.3 is 0 Å². The van der Waals surface area contributed by atoms with Gasteiger partial charge < -0.3 is 10.1 Å². The van der Waals surface area contributed by atoms with Gasteiger partial charge in [0, 0.05) is 11.8 Å². The maximum Gasteiger partial charge on any atom is 0.137 e. The fourth-order valence-electron chi connectivity index (χ4n) is 1.53. The van der Waals surface area contributed by atoms with E-state index in [2.05, 4.69) is 19.2 Å². The van der Waals surface area contributed by atoms with Gasteiger partial charge in [-0.1, -0.05) is 31.5 Å². The van der Waals surface area contributed by atoms with Gasteiger partial charge in [-0.2, -0.15) is 11.8 Å². The SMILES string of the molecule is CNC(CSC(C)C)c1ccc(Cl)c(OC)c1. The van der Waals surface area contributed by atoms with Gasteiger partial charge in [0.2, 0.25) is 0 Å². The van der Waals surface area contributed by atoms with Crippen LogP contribution in [0.1, 0.15) is 25.5 Å². The van der Waals surface area contributed by atoms with Gasteiger partial charge in [-0.15, -0.1) is 0 Å². The zero-order chi connectivity index (χ0) is 12.8. The Labute approximate surface area is 113 Å². The third kappa shape index (κ3) is 4.41. The van der Waals surface area contributed by atoms with Crippen LogP contribution < -0.4 is 10.1 Å². The molecule has 2 nitrogen and oxygen atoms in total. The molecule has 0 amide bonds. The van der Waals surface area contributed by atoms with Crippen molar-refractivity contribution in [2.75, 3.05) is 19.9 Å². The number of rotatable bonds is 6. The zero-order valence-corrected chi connectivity index (χ0v) is 12.4. The highest BCUT2D eigenvalue weighted by Crippen LogP contribution is 2.29. The lowest BCUT2D eigenvalue weighted by molar-refractivity contribution is 0.414. The summed E-state index contributed by atoms with van der Waals surface area (Å²) in [5.74, 6) is 1.78. The molecule has 0 spiro atoms. The lowest BCUT2D eigenvalue weighted by Crippen LogP contribution is -2.19. The Kier molecular flexibility index (Phi) is 6.17. The third-order valence-corrected chi connectivity index (χ3v) is 4.03. The van der Waals surface area contributed by atoms with Crippen molar-refractivity contribution in [3.8, 4) is 5.75 Å². The van der Waals surface area contributed by atoms with E-state index >= 15 is 0 Å². The molecule has 0 fully saturated rings. The van der Waals surface area contributed by atoms with E-state index in [1.54, 1.807) is 7.11 Å². The second-order valence-electron chi connectivity index (χ2n) is 4.12. The van der Waals surface area contributed by atoms with Crippen molar-refractivity contribution in [2.45, 2.75) is 25.1 Å². The molecule has 96 valence electrons. The third-order valence-electron chi connectivity index (χ3n) is 2.52. The van der Waals surface area contributed by atoms with Gasteiger partial charge in [-0.05, 0) is 30.0 Å². The summed E-state index contributed by atoms with van der Waals surface area (Å²) in [5, 5.41) is 4.62. The summed E-state index contributed by atoms with van der Waals surface area (Å²) in [4.78, 5) is 0. The van der Waals surface area contributed by atoms with Crippen LogP contribution in [0.15, 0.2) is 18.2 Å². The van der Waals surface area contributed by atoms with E-state index in [1.165, 1.54) is 5.56 Å². The molecule has 0 saturated heterocycles. The van der Waals surface area contributed by atoms with Crippen LogP contribution in [0.25, 0.3) is 0 Å². The molecule has 1 unspecified atom stereocenters. The van der Waals surface area contributed by atoms with E-state index in [0.29, 0.717) is 16.3 Å². The van der Waals surface area contributed by atoms with Gasteiger partial charge in [-0.25, -0.2) is 0 Å². The molecule has 1 atom stereocenters. The van der Waals surface area contributed by atoms with Gasteiger partial charge in [0.1, 0.15) is 5.75 Å². The van der Waals surface area contributed by atoms with Crippen LogP contribution in [0, 0.1) is 0 Å². The maximum absolute atomic E-state index is 6.02. The van der Waals surface area contributed by atoms with Crippen LogP contribution in [0.3, 0.4) is 0 Å². The van der Waals surface area contributed by atoms with Crippen molar-refractivity contribution in [1.29, 1.82) is 0 Å². The fraction of sp³-hybridized carbons (Fsp3) is 0.538. The fourth-order valence-corrected chi connectivity index (χ4v) is 2.66. The number of hydrogen-bond donors (Lipinski definition) is 1. The molecule has 0 saturated carbocycles. The van der Waals surface area contributed by atoms with Crippen molar-refractivity contribution < 1.29 is 4.74 Å². The number of halogens is 1. The Hall–Kier alpha value is -0.380. The second kappa shape index (κ2) is 7.14. The minimum Gasteiger partial charge on any atom is -0.495 e. The maximum atomic E-state index is 6.02. The van der Waals surface area contributed by atoms with Crippen molar-refractivity contribution >= 4 is 23.4 Å². The molecule has 0 aliphatic carbocycles. The standard InChI is InChI=1S/C13H20ClNOS/c1-9(2)17-8-12(15-3)10-5-6-11(14)13(7-10)16-4/h5-7,9,12,15H,8H2,1-4H3. The largest absolute Gasteiger partial charge is 0.495 e. The Morgan fingerprint density at radius 2 is 2.12 bits per heavy atom. The van der Waals surface area contributed by atoms with E-state index < -0.39 is 0 Å². The monoisotopic (exact) mass is 273 g/mol. The Morgan fingerprint density at radius 1 is 1.41 bits per heavy atom. The number of thioether (sulfide) groups is 1. The van der Waals surface area contributed by atoms with Crippen LogP contribution >= 0.6 is 23.4 Å². The highest BCUT2D eigenvalue weighted by molar-refractivity contribution is 7.99. The van der Waals surface area contributed by atoms with E-state index in [1.807, 2.05) is 37.0 Å². The molecule has 4 heteroatoms. The molecular formula is C13H20ClNOS. The van der Waals surface area contributed by atoms with Gasteiger partial charge in [0.05, 0.1) is 12.1 Å². The minimum absolute atomic E-state index is 0.327. The first-order valence-corrected chi connectivity index (χ1v) is 7.13. The molecule has 1 N–H and O–H groups in total. The number of benzene rings is 1. The first-order valence-electron chi connectivity index (χ1n) is 5.70. The van der Waals surface area contributed by atoms with Crippen molar-refractivity contribution in [3.05, 3.63) is 28.8 Å². The Bertz CT molecular complexity index is 357. The average Bonchev–Trinajstić information content (AvgIpc) is 2.31. The van der Waals surface area contributed by atoms with Crippen molar-refractivity contribution in [2.24, 2.45) is 0 Å². The summed E-state index contributed by atoms with van der Waals surface area (Å²) in [5.41, 5.74) is 1.21. The molecule has 0 radical (unpaired) electrons. The lowest BCUT2D eigenvalue weighted by atomic mass is 10.1. The summed E-state index contributed by atoms with van der Waals surface area (Å²) in [6.07, 6.45) is 0. The normalized spacial score (nSPS) is 12.8. The van der Waals surface area contributed by atoms with Crippen molar-refractivity contribution in [3.63, 3.8) is 0 Å². The Balaban J connectivity index is 2.80. The second-order valence-corrected chi connectivity index (χ2v) is 6.13. The molecule has 1 aromatic rings.